The van der Waals surface area contributed by atoms with Gasteiger partial charge in [0.1, 0.15) is 5.75 Å². The van der Waals surface area contributed by atoms with E-state index in [0.717, 1.165) is 0 Å². The third-order valence-corrected chi connectivity index (χ3v) is 3.47. The van der Waals surface area contributed by atoms with Crippen molar-refractivity contribution in [1.82, 2.24) is 0 Å². The number of nitrogens with zero attached hydrogens (tertiary/aromatic N) is 1. The smallest absolute Gasteiger partial charge is 0.313 e. The van der Waals surface area contributed by atoms with Crippen LogP contribution in [0.4, 0.5) is 5.69 Å². The van der Waals surface area contributed by atoms with E-state index in [2.05, 4.69) is 15.9 Å². The van der Waals surface area contributed by atoms with E-state index in [0.29, 0.717) is 10.0 Å². The minimum atomic E-state index is -0.590. The highest BCUT2D eigenvalue weighted by Gasteiger charge is 2.21. The standard InChI is InChI=1S/C14H9BrClNO4/c1-8(18)10-7-9(15)5-6-13(10)21-14-11(16)3-2-4-12(14)17(19)20/h2-7H,1H3. The Morgan fingerprint density at radius 1 is 1.33 bits per heavy atom. The molecule has 0 bridgehead atoms. The van der Waals surface area contributed by atoms with E-state index in [4.69, 9.17) is 16.3 Å². The number of halogens is 2. The van der Waals surface area contributed by atoms with Crippen LogP contribution in [0, 0.1) is 10.1 Å². The van der Waals surface area contributed by atoms with Crippen LogP contribution >= 0.6 is 27.5 Å². The second kappa shape index (κ2) is 6.24. The minimum absolute atomic E-state index is 0.0889. The number of ether oxygens (including phenoxy) is 1. The van der Waals surface area contributed by atoms with Crippen LogP contribution in [0.15, 0.2) is 40.9 Å². The van der Waals surface area contributed by atoms with E-state index in [1.54, 1.807) is 18.2 Å². The highest BCUT2D eigenvalue weighted by atomic mass is 79.9. The van der Waals surface area contributed by atoms with Gasteiger partial charge in [0.25, 0.3) is 0 Å². The third kappa shape index (κ3) is 3.40. The van der Waals surface area contributed by atoms with Crippen molar-refractivity contribution in [3.05, 3.63) is 61.6 Å². The lowest BCUT2D eigenvalue weighted by Gasteiger charge is -2.11. The van der Waals surface area contributed by atoms with Crippen LogP contribution in [0.5, 0.6) is 11.5 Å². The molecular formula is C14H9BrClNO4. The normalized spacial score (nSPS) is 10.2. The Morgan fingerprint density at radius 2 is 2.05 bits per heavy atom. The number of carbonyl (C=O) groups excluding carboxylic acids is 1. The molecule has 0 radical (unpaired) electrons. The fourth-order valence-electron chi connectivity index (χ4n) is 1.72. The average molecular weight is 371 g/mol. The van der Waals surface area contributed by atoms with Gasteiger partial charge in [-0.2, -0.15) is 0 Å². The lowest BCUT2D eigenvalue weighted by molar-refractivity contribution is -0.385. The van der Waals surface area contributed by atoms with Crippen LogP contribution in [0.1, 0.15) is 17.3 Å². The summed E-state index contributed by atoms with van der Waals surface area (Å²) in [6.07, 6.45) is 0. The van der Waals surface area contributed by atoms with Crippen molar-refractivity contribution in [2.45, 2.75) is 6.92 Å². The quantitative estimate of drug-likeness (QED) is 0.431. The molecule has 0 aliphatic carbocycles. The van der Waals surface area contributed by atoms with Crippen molar-refractivity contribution >= 4 is 39.0 Å². The number of nitro benzene ring substituents is 1. The fraction of sp³-hybridized carbons (Fsp3) is 0.0714. The maximum Gasteiger partial charge on any atom is 0.313 e. The molecule has 0 saturated heterocycles. The predicted octanol–water partition coefficient (Wildman–Crippen LogP) is 5.01. The van der Waals surface area contributed by atoms with E-state index in [9.17, 15) is 14.9 Å². The maximum atomic E-state index is 11.6. The Morgan fingerprint density at radius 3 is 2.67 bits per heavy atom. The molecule has 2 aromatic carbocycles. The molecular weight excluding hydrogens is 362 g/mol. The van der Waals surface area contributed by atoms with Crippen LogP contribution in [-0.4, -0.2) is 10.7 Å². The van der Waals surface area contributed by atoms with Crippen molar-refractivity contribution in [3.63, 3.8) is 0 Å². The van der Waals surface area contributed by atoms with E-state index in [1.165, 1.54) is 25.1 Å². The van der Waals surface area contributed by atoms with Gasteiger partial charge in [0.2, 0.25) is 5.75 Å². The Hall–Kier alpha value is -1.92. The lowest BCUT2D eigenvalue weighted by Crippen LogP contribution is -1.99. The molecule has 0 spiro atoms. The summed E-state index contributed by atoms with van der Waals surface area (Å²) in [5, 5.41) is 11.1. The molecule has 5 nitrogen and oxygen atoms in total. The van der Waals surface area contributed by atoms with Crippen LogP contribution in [0.25, 0.3) is 0 Å². The van der Waals surface area contributed by atoms with Crippen LogP contribution in [0.3, 0.4) is 0 Å². The second-order valence-corrected chi connectivity index (χ2v) is 5.47. The molecule has 0 aliphatic rings. The molecule has 21 heavy (non-hydrogen) atoms. The number of para-hydroxylation sites is 1. The molecule has 0 fully saturated rings. The fourth-order valence-corrected chi connectivity index (χ4v) is 2.29. The highest BCUT2D eigenvalue weighted by Crippen LogP contribution is 2.39. The zero-order valence-electron chi connectivity index (χ0n) is 10.8. The number of nitro groups is 1. The molecule has 0 atom stereocenters. The van der Waals surface area contributed by atoms with Gasteiger partial charge in [-0.1, -0.05) is 33.6 Å². The van der Waals surface area contributed by atoms with Gasteiger partial charge in [0.15, 0.2) is 5.78 Å². The number of benzene rings is 2. The summed E-state index contributed by atoms with van der Waals surface area (Å²) in [4.78, 5) is 22.1. The molecule has 108 valence electrons. The van der Waals surface area contributed by atoms with Gasteiger partial charge >= 0.3 is 5.69 Å². The van der Waals surface area contributed by atoms with Gasteiger partial charge in [0, 0.05) is 10.5 Å². The number of hydrogen-bond acceptors (Lipinski definition) is 4. The van der Waals surface area contributed by atoms with E-state index in [-0.39, 0.29) is 28.0 Å². The summed E-state index contributed by atoms with van der Waals surface area (Å²) < 4.78 is 6.24. The Balaban J connectivity index is 2.53. The van der Waals surface area contributed by atoms with Crippen molar-refractivity contribution in [2.24, 2.45) is 0 Å². The number of carbonyl (C=O) groups is 1. The molecule has 0 saturated carbocycles. The monoisotopic (exact) mass is 369 g/mol. The first-order chi connectivity index (χ1) is 9.90. The van der Waals surface area contributed by atoms with Crippen molar-refractivity contribution in [3.8, 4) is 11.5 Å². The van der Waals surface area contributed by atoms with Crippen LogP contribution in [-0.2, 0) is 0 Å². The second-order valence-electron chi connectivity index (χ2n) is 4.14. The van der Waals surface area contributed by atoms with E-state index in [1.807, 2.05) is 0 Å². The van der Waals surface area contributed by atoms with Gasteiger partial charge < -0.3 is 4.74 Å². The zero-order chi connectivity index (χ0) is 15.6. The molecule has 0 unspecified atom stereocenters. The van der Waals surface area contributed by atoms with Gasteiger partial charge in [-0.25, -0.2) is 0 Å². The maximum absolute atomic E-state index is 11.6. The molecule has 2 aromatic rings. The molecule has 0 aromatic heterocycles. The van der Waals surface area contributed by atoms with Crippen molar-refractivity contribution in [1.29, 1.82) is 0 Å². The summed E-state index contributed by atoms with van der Waals surface area (Å²) in [5.41, 5.74) is 0.0403. The molecule has 0 amide bonds. The van der Waals surface area contributed by atoms with Gasteiger partial charge in [-0.15, -0.1) is 0 Å². The molecule has 0 heterocycles. The van der Waals surface area contributed by atoms with Crippen LogP contribution in [0.2, 0.25) is 5.02 Å². The average Bonchev–Trinajstić information content (AvgIpc) is 2.42. The number of Topliss-reactive ketones (excluding diaryl/α,β-unsaturated/α-hetero) is 1. The van der Waals surface area contributed by atoms with E-state index >= 15 is 0 Å². The zero-order valence-corrected chi connectivity index (χ0v) is 13.1. The topological polar surface area (TPSA) is 69.4 Å². The Labute approximate surface area is 133 Å². The first kappa shape index (κ1) is 15.5. The lowest BCUT2D eigenvalue weighted by atomic mass is 10.1. The summed E-state index contributed by atoms with van der Waals surface area (Å²) in [6, 6.07) is 9.03. The summed E-state index contributed by atoms with van der Waals surface area (Å²) in [6.45, 7) is 1.38. The molecule has 0 aliphatic heterocycles. The van der Waals surface area contributed by atoms with Gasteiger partial charge in [-0.3, -0.25) is 14.9 Å². The largest absolute Gasteiger partial charge is 0.448 e. The van der Waals surface area contributed by atoms with Gasteiger partial charge in [0.05, 0.1) is 15.5 Å². The molecule has 0 N–H and O–H groups in total. The third-order valence-electron chi connectivity index (χ3n) is 2.68. The summed E-state index contributed by atoms with van der Waals surface area (Å²) in [5.74, 6) is -0.100. The summed E-state index contributed by atoms with van der Waals surface area (Å²) >= 11 is 9.22. The van der Waals surface area contributed by atoms with Crippen molar-refractivity contribution < 1.29 is 14.5 Å². The number of rotatable bonds is 4. The van der Waals surface area contributed by atoms with Gasteiger partial charge in [-0.05, 0) is 31.2 Å². The number of ketones is 1. The molecule has 7 heteroatoms. The Bertz CT molecular complexity index is 733. The van der Waals surface area contributed by atoms with Crippen molar-refractivity contribution in [2.75, 3.05) is 0 Å². The number of hydrogen-bond donors (Lipinski definition) is 0. The predicted molar refractivity (Wildman–Crippen MR) is 82.3 cm³/mol. The first-order valence-corrected chi connectivity index (χ1v) is 6.98. The summed E-state index contributed by atoms with van der Waals surface area (Å²) in [7, 11) is 0. The molecule has 2 rings (SSSR count). The minimum Gasteiger partial charge on any atom is -0.448 e. The van der Waals surface area contributed by atoms with Crippen LogP contribution < -0.4 is 4.74 Å². The first-order valence-electron chi connectivity index (χ1n) is 5.81. The highest BCUT2D eigenvalue weighted by molar-refractivity contribution is 9.10. The van der Waals surface area contributed by atoms with E-state index < -0.39 is 4.92 Å². The Kier molecular flexibility index (Phi) is 4.59. The SMILES string of the molecule is CC(=O)c1cc(Br)ccc1Oc1c(Cl)cccc1[N+](=O)[O-].